The molecule has 2 aromatic rings. The van der Waals surface area contributed by atoms with Gasteiger partial charge in [0, 0.05) is 17.5 Å². The molecule has 0 radical (unpaired) electrons. The van der Waals surface area contributed by atoms with Gasteiger partial charge in [-0.3, -0.25) is 14.2 Å². The normalized spacial score (nSPS) is 20.2. The van der Waals surface area contributed by atoms with E-state index < -0.39 is 20.8 Å². The zero-order chi connectivity index (χ0) is 24.4. The van der Waals surface area contributed by atoms with Crippen LogP contribution in [0.2, 0.25) is 10.0 Å². The molecule has 1 N–H and O–H groups in total. The fourth-order valence-electron chi connectivity index (χ4n) is 4.74. The summed E-state index contributed by atoms with van der Waals surface area (Å²) in [6.45, 7) is 6.47. The van der Waals surface area contributed by atoms with Crippen LogP contribution in [-0.2, 0) is 15.5 Å². The van der Waals surface area contributed by atoms with Crippen LogP contribution in [0, 0.1) is 0 Å². The van der Waals surface area contributed by atoms with E-state index in [4.69, 9.17) is 27.9 Å². The van der Waals surface area contributed by atoms with Crippen molar-refractivity contribution in [2.24, 2.45) is 0 Å². The van der Waals surface area contributed by atoms with Gasteiger partial charge < -0.3 is 4.74 Å². The van der Waals surface area contributed by atoms with Crippen molar-refractivity contribution >= 4 is 39.1 Å². The highest BCUT2D eigenvalue weighted by Crippen LogP contribution is 2.43. The number of carbonyl (C=O) groups excluding carboxylic acids is 1. The Morgan fingerprint density at radius 1 is 1.18 bits per heavy atom. The molecule has 0 amide bonds. The van der Waals surface area contributed by atoms with Crippen molar-refractivity contribution < 1.29 is 22.5 Å². The second-order valence-corrected chi connectivity index (χ2v) is 11.2. The number of ketones is 1. The van der Waals surface area contributed by atoms with Crippen molar-refractivity contribution in [2.45, 2.75) is 50.4 Å². The molecule has 1 heterocycles. The van der Waals surface area contributed by atoms with Crippen LogP contribution in [0.5, 0.6) is 5.75 Å². The van der Waals surface area contributed by atoms with E-state index in [1.165, 1.54) is 0 Å². The van der Waals surface area contributed by atoms with Crippen molar-refractivity contribution in [3.05, 3.63) is 63.6 Å². The highest BCUT2D eigenvalue weighted by Gasteiger charge is 2.50. The van der Waals surface area contributed by atoms with E-state index >= 15 is 0 Å². The predicted octanol–water partition coefficient (Wildman–Crippen LogP) is 5.27. The first-order valence-corrected chi connectivity index (χ1v) is 13.2. The summed E-state index contributed by atoms with van der Waals surface area (Å²) in [5.41, 5.74) is 0.296. The number of rotatable bonds is 9. The topological polar surface area (TPSA) is 83.9 Å². The average molecular weight is 514 g/mol. The van der Waals surface area contributed by atoms with Crippen LogP contribution in [0.3, 0.4) is 0 Å². The fraction of sp³-hybridized carbons (Fsp3) is 0.458. The van der Waals surface area contributed by atoms with Crippen molar-refractivity contribution in [2.75, 3.05) is 19.6 Å². The van der Waals surface area contributed by atoms with Gasteiger partial charge >= 0.3 is 0 Å². The molecule has 2 aromatic carbocycles. The molecule has 2 unspecified atom stereocenters. The highest BCUT2D eigenvalue weighted by atomic mass is 35.5. The van der Waals surface area contributed by atoms with Crippen LogP contribution in [-0.4, -0.2) is 54.6 Å². The van der Waals surface area contributed by atoms with E-state index in [-0.39, 0.29) is 31.4 Å². The Hall–Kier alpha value is -1.64. The number of nitrogens with zero attached hydrogens (tertiary/aromatic N) is 1. The van der Waals surface area contributed by atoms with E-state index in [9.17, 15) is 17.8 Å². The molecule has 1 saturated heterocycles. The van der Waals surface area contributed by atoms with E-state index in [0.717, 1.165) is 0 Å². The molecule has 0 aliphatic carbocycles. The van der Waals surface area contributed by atoms with Gasteiger partial charge in [-0.1, -0.05) is 48.3 Å². The molecule has 2 atom stereocenters. The van der Waals surface area contributed by atoms with Gasteiger partial charge in [-0.05, 0) is 63.1 Å². The second-order valence-electron chi connectivity index (χ2n) is 8.78. The number of likely N-dealkylation sites (tertiary alicyclic amines) is 1. The molecule has 33 heavy (non-hydrogen) atoms. The smallest absolute Gasteiger partial charge is 0.268 e. The van der Waals surface area contributed by atoms with Gasteiger partial charge in [0.05, 0.1) is 27.9 Å². The van der Waals surface area contributed by atoms with E-state index in [0.29, 0.717) is 39.9 Å². The number of hydrogen-bond donors (Lipinski definition) is 1. The number of benzene rings is 2. The molecule has 6 nitrogen and oxygen atoms in total. The molecule has 0 aromatic heterocycles. The summed E-state index contributed by atoms with van der Waals surface area (Å²) in [6.07, 6.45) is 0.662. The van der Waals surface area contributed by atoms with Gasteiger partial charge in [-0.15, -0.1) is 0 Å². The van der Waals surface area contributed by atoms with Crippen LogP contribution < -0.4 is 4.74 Å². The molecule has 1 aliphatic rings. The van der Waals surface area contributed by atoms with Crippen molar-refractivity contribution in [1.82, 2.24) is 4.90 Å². The van der Waals surface area contributed by atoms with Crippen LogP contribution in [0.25, 0.3) is 0 Å². The lowest BCUT2D eigenvalue weighted by Gasteiger charge is -2.36. The van der Waals surface area contributed by atoms with Crippen molar-refractivity contribution in [3.8, 4) is 5.75 Å². The van der Waals surface area contributed by atoms with Crippen LogP contribution >= 0.6 is 23.2 Å². The maximum atomic E-state index is 13.0. The average Bonchev–Trinajstić information content (AvgIpc) is 3.13. The number of halogens is 2. The number of carbonyl (C=O) groups is 1. The Kier molecular flexibility index (Phi) is 8.12. The Morgan fingerprint density at radius 3 is 2.52 bits per heavy atom. The third kappa shape index (κ3) is 5.89. The molecular formula is C24H29Cl2NO5S. The molecular weight excluding hydrogens is 485 g/mol. The molecule has 1 fully saturated rings. The Bertz CT molecular complexity index is 1120. The molecule has 0 bridgehead atoms. The number of hydrogen-bond acceptors (Lipinski definition) is 5. The first-order chi connectivity index (χ1) is 15.5. The molecule has 3 rings (SSSR count). The van der Waals surface area contributed by atoms with Gasteiger partial charge in [0.25, 0.3) is 10.1 Å². The van der Waals surface area contributed by atoms with Gasteiger partial charge in [-0.2, -0.15) is 8.42 Å². The van der Waals surface area contributed by atoms with Crippen LogP contribution in [0.4, 0.5) is 0 Å². The maximum Gasteiger partial charge on any atom is 0.268 e. The molecule has 0 spiro atoms. The molecule has 1 aliphatic heterocycles. The maximum absolute atomic E-state index is 13.0. The zero-order valence-corrected chi connectivity index (χ0v) is 21.3. The number of Topliss-reactive ketones (excluding diaryl/α,β-unsaturated/α-hetero) is 1. The Morgan fingerprint density at radius 2 is 1.91 bits per heavy atom. The van der Waals surface area contributed by atoms with Crippen molar-refractivity contribution in [3.63, 3.8) is 0 Å². The van der Waals surface area contributed by atoms with Crippen LogP contribution in [0.15, 0.2) is 42.5 Å². The third-order valence-corrected chi connectivity index (χ3v) is 8.36. The summed E-state index contributed by atoms with van der Waals surface area (Å²) in [7, 11) is -4.35. The van der Waals surface area contributed by atoms with Crippen LogP contribution in [0.1, 0.15) is 49.5 Å². The van der Waals surface area contributed by atoms with E-state index in [1.807, 2.05) is 18.7 Å². The summed E-state index contributed by atoms with van der Waals surface area (Å²) >= 11 is 12.3. The fourth-order valence-corrected chi connectivity index (χ4v) is 6.35. The lowest BCUT2D eigenvalue weighted by molar-refractivity contribution is 0.0941. The first-order valence-electron chi connectivity index (χ1n) is 10.9. The third-order valence-electron chi connectivity index (χ3n) is 6.12. The Labute approximate surface area is 205 Å². The Balaban J connectivity index is 1.89. The minimum atomic E-state index is -4.35. The first kappa shape index (κ1) is 26.0. The summed E-state index contributed by atoms with van der Waals surface area (Å²) in [5.74, 6) is 0.536. The summed E-state index contributed by atoms with van der Waals surface area (Å²) in [6, 6.07) is 12.1. The lowest BCUT2D eigenvalue weighted by Crippen LogP contribution is -2.46. The molecule has 180 valence electrons. The minimum absolute atomic E-state index is 0.00726. The lowest BCUT2D eigenvalue weighted by atomic mass is 9.75. The van der Waals surface area contributed by atoms with Gasteiger partial charge in [0.1, 0.15) is 5.75 Å². The number of ether oxygens (including phenoxy) is 1. The van der Waals surface area contributed by atoms with Crippen molar-refractivity contribution in [1.29, 1.82) is 0 Å². The largest absolute Gasteiger partial charge is 0.491 e. The summed E-state index contributed by atoms with van der Waals surface area (Å²) in [5, 5.41) is -0.357. The van der Waals surface area contributed by atoms with Gasteiger partial charge in [0.2, 0.25) is 0 Å². The SMILES string of the molecule is CCC(C1(c2ccc(Cl)c(Cl)c2)CCN(CC(=O)c2cccc(OC(C)C)c2)C1)S(=O)(=O)O. The van der Waals surface area contributed by atoms with E-state index in [1.54, 1.807) is 49.4 Å². The molecule has 9 heteroatoms. The second kappa shape index (κ2) is 10.3. The van der Waals surface area contributed by atoms with Gasteiger partial charge in [-0.25, -0.2) is 0 Å². The van der Waals surface area contributed by atoms with Gasteiger partial charge in [0.15, 0.2) is 5.78 Å². The predicted molar refractivity (Wildman–Crippen MR) is 131 cm³/mol. The highest BCUT2D eigenvalue weighted by molar-refractivity contribution is 7.86. The minimum Gasteiger partial charge on any atom is -0.491 e. The van der Waals surface area contributed by atoms with E-state index in [2.05, 4.69) is 0 Å². The zero-order valence-electron chi connectivity index (χ0n) is 18.9. The summed E-state index contributed by atoms with van der Waals surface area (Å²) in [4.78, 5) is 14.9. The summed E-state index contributed by atoms with van der Waals surface area (Å²) < 4.78 is 40.4. The molecule has 0 saturated carbocycles. The standard InChI is InChI=1S/C24H29Cl2NO5S/c1-4-23(33(29,30)31)24(18-8-9-20(25)21(26)13-18)10-11-27(15-24)14-22(28)17-6-5-7-19(12-17)32-16(2)3/h5-9,12-13,16,23H,4,10-11,14-15H2,1-3H3,(H,29,30,31). The monoisotopic (exact) mass is 513 g/mol. The quantitative estimate of drug-likeness (QED) is 0.363.